The number of esters is 1. The normalized spacial score (nSPS) is 11.1. The SMILES string of the molecule is O=C(C=Cc1ccc(Cl)cc1Cl)Nc1ccc(CC(=O)Oc2ccc3ocnc3c2)c(Cl)c1. The minimum Gasteiger partial charge on any atom is -0.443 e. The van der Waals surface area contributed by atoms with Crippen molar-refractivity contribution in [2.75, 3.05) is 5.32 Å². The molecular formula is C24H15Cl3N2O4. The molecule has 0 bridgehead atoms. The van der Waals surface area contributed by atoms with Crippen LogP contribution in [-0.2, 0) is 16.0 Å². The van der Waals surface area contributed by atoms with Crippen LogP contribution in [0.4, 0.5) is 5.69 Å². The standard InChI is InChI=1S/C24H15Cl3N2O4/c25-16-4-1-14(19(26)10-16)3-8-23(30)29-17-5-2-15(20(27)11-17)9-24(31)33-18-6-7-22-21(12-18)28-13-32-22/h1-8,10-13H,9H2,(H,29,30). The van der Waals surface area contributed by atoms with Crippen molar-refractivity contribution < 1.29 is 18.7 Å². The number of nitrogens with one attached hydrogen (secondary N) is 1. The molecule has 6 nitrogen and oxygen atoms in total. The minimum atomic E-state index is -0.487. The van der Waals surface area contributed by atoms with E-state index in [1.165, 1.54) is 12.5 Å². The average Bonchev–Trinajstić information content (AvgIpc) is 3.23. The van der Waals surface area contributed by atoms with Gasteiger partial charge in [-0.2, -0.15) is 0 Å². The van der Waals surface area contributed by atoms with Crippen LogP contribution in [0, 0.1) is 0 Å². The van der Waals surface area contributed by atoms with Gasteiger partial charge in [-0.15, -0.1) is 0 Å². The summed E-state index contributed by atoms with van der Waals surface area (Å²) in [6, 6.07) is 14.8. The molecule has 33 heavy (non-hydrogen) atoms. The second-order valence-corrected chi connectivity index (χ2v) is 8.18. The Bertz CT molecular complexity index is 1380. The number of fused-ring (bicyclic) bond motifs is 1. The van der Waals surface area contributed by atoms with Gasteiger partial charge in [0.1, 0.15) is 11.3 Å². The molecular weight excluding hydrogens is 487 g/mol. The molecule has 9 heteroatoms. The number of amides is 1. The van der Waals surface area contributed by atoms with Crippen LogP contribution in [0.25, 0.3) is 17.2 Å². The van der Waals surface area contributed by atoms with E-state index < -0.39 is 5.97 Å². The fraction of sp³-hybridized carbons (Fsp3) is 0.0417. The second kappa shape index (κ2) is 10.1. The molecule has 0 unspecified atom stereocenters. The van der Waals surface area contributed by atoms with Crippen molar-refractivity contribution in [3.8, 4) is 5.75 Å². The number of oxazole rings is 1. The Morgan fingerprint density at radius 2 is 1.85 bits per heavy atom. The van der Waals surface area contributed by atoms with Crippen LogP contribution >= 0.6 is 34.8 Å². The van der Waals surface area contributed by atoms with Gasteiger partial charge in [-0.05, 0) is 53.6 Å². The predicted octanol–water partition coefficient (Wildman–Crippen LogP) is 6.59. The lowest BCUT2D eigenvalue weighted by molar-refractivity contribution is -0.133. The van der Waals surface area contributed by atoms with Crippen molar-refractivity contribution in [2.45, 2.75) is 6.42 Å². The van der Waals surface area contributed by atoms with Gasteiger partial charge in [0.15, 0.2) is 12.0 Å². The molecule has 0 atom stereocenters. The van der Waals surface area contributed by atoms with Gasteiger partial charge in [0.05, 0.1) is 6.42 Å². The van der Waals surface area contributed by atoms with Crippen LogP contribution in [0.2, 0.25) is 15.1 Å². The van der Waals surface area contributed by atoms with Crippen molar-refractivity contribution in [2.24, 2.45) is 0 Å². The van der Waals surface area contributed by atoms with Crippen LogP contribution in [0.5, 0.6) is 5.75 Å². The average molecular weight is 502 g/mol. The largest absolute Gasteiger partial charge is 0.443 e. The number of hydrogen-bond acceptors (Lipinski definition) is 5. The van der Waals surface area contributed by atoms with E-state index in [9.17, 15) is 9.59 Å². The van der Waals surface area contributed by atoms with Crippen molar-refractivity contribution in [1.82, 2.24) is 4.98 Å². The van der Waals surface area contributed by atoms with E-state index in [2.05, 4.69) is 10.3 Å². The van der Waals surface area contributed by atoms with Gasteiger partial charge < -0.3 is 14.5 Å². The van der Waals surface area contributed by atoms with Gasteiger partial charge in [-0.1, -0.05) is 46.9 Å². The highest BCUT2D eigenvalue weighted by molar-refractivity contribution is 6.35. The molecule has 0 aliphatic heterocycles. The Balaban J connectivity index is 1.36. The van der Waals surface area contributed by atoms with E-state index in [1.807, 2.05) is 0 Å². The number of ether oxygens (including phenoxy) is 1. The molecule has 1 amide bonds. The molecule has 0 aliphatic rings. The summed E-state index contributed by atoms with van der Waals surface area (Å²) in [7, 11) is 0. The van der Waals surface area contributed by atoms with Gasteiger partial charge >= 0.3 is 5.97 Å². The Morgan fingerprint density at radius 1 is 1.00 bits per heavy atom. The molecule has 3 aromatic carbocycles. The van der Waals surface area contributed by atoms with Gasteiger partial charge in [0.2, 0.25) is 5.91 Å². The van der Waals surface area contributed by atoms with Crippen LogP contribution < -0.4 is 10.1 Å². The summed E-state index contributed by atoms with van der Waals surface area (Å²) in [5, 5.41) is 3.98. The summed E-state index contributed by atoms with van der Waals surface area (Å²) in [6.45, 7) is 0. The highest BCUT2D eigenvalue weighted by atomic mass is 35.5. The first-order chi connectivity index (χ1) is 15.9. The number of anilines is 1. The molecule has 1 N–H and O–H groups in total. The summed E-state index contributed by atoms with van der Waals surface area (Å²) in [5.41, 5.74) is 2.88. The monoisotopic (exact) mass is 500 g/mol. The van der Waals surface area contributed by atoms with Crippen molar-refractivity contribution in [1.29, 1.82) is 0 Å². The van der Waals surface area contributed by atoms with Crippen LogP contribution in [0.3, 0.4) is 0 Å². The smallest absolute Gasteiger partial charge is 0.315 e. The van der Waals surface area contributed by atoms with Crippen LogP contribution in [0.1, 0.15) is 11.1 Å². The number of carbonyl (C=O) groups is 2. The lowest BCUT2D eigenvalue weighted by Crippen LogP contribution is -2.12. The molecule has 0 saturated heterocycles. The highest BCUT2D eigenvalue weighted by Gasteiger charge is 2.12. The van der Waals surface area contributed by atoms with E-state index in [0.29, 0.717) is 48.7 Å². The van der Waals surface area contributed by atoms with Crippen molar-refractivity contribution in [3.05, 3.63) is 93.3 Å². The number of benzene rings is 3. The molecule has 4 aromatic rings. The highest BCUT2D eigenvalue weighted by Crippen LogP contribution is 2.24. The number of nitrogens with zero attached hydrogens (tertiary/aromatic N) is 1. The summed E-state index contributed by atoms with van der Waals surface area (Å²) in [6.07, 6.45) is 4.20. The summed E-state index contributed by atoms with van der Waals surface area (Å²) >= 11 is 18.3. The summed E-state index contributed by atoms with van der Waals surface area (Å²) < 4.78 is 10.5. The first kappa shape index (κ1) is 22.9. The summed E-state index contributed by atoms with van der Waals surface area (Å²) in [5.74, 6) is -0.499. The predicted molar refractivity (Wildman–Crippen MR) is 129 cm³/mol. The third-order valence-corrected chi connectivity index (χ3v) is 5.48. The van der Waals surface area contributed by atoms with E-state index in [4.69, 9.17) is 44.0 Å². The maximum Gasteiger partial charge on any atom is 0.315 e. The molecule has 1 heterocycles. The number of carbonyl (C=O) groups excluding carboxylic acids is 2. The number of aromatic nitrogens is 1. The molecule has 166 valence electrons. The Morgan fingerprint density at radius 3 is 2.64 bits per heavy atom. The Kier molecular flexibility index (Phi) is 6.99. The zero-order valence-corrected chi connectivity index (χ0v) is 19.1. The van der Waals surface area contributed by atoms with Gasteiger partial charge in [0.25, 0.3) is 0 Å². The zero-order valence-electron chi connectivity index (χ0n) is 16.8. The molecule has 1 aromatic heterocycles. The molecule has 0 radical (unpaired) electrons. The topological polar surface area (TPSA) is 81.4 Å². The van der Waals surface area contributed by atoms with E-state index in [0.717, 1.165) is 0 Å². The third kappa shape index (κ3) is 5.93. The molecule has 0 saturated carbocycles. The second-order valence-electron chi connectivity index (χ2n) is 6.93. The quantitative estimate of drug-likeness (QED) is 0.183. The Labute approximate surface area is 203 Å². The van der Waals surface area contributed by atoms with Crippen molar-refractivity contribution >= 4 is 69.5 Å². The van der Waals surface area contributed by atoms with E-state index >= 15 is 0 Å². The first-order valence-corrected chi connectivity index (χ1v) is 10.8. The molecule has 4 rings (SSSR count). The van der Waals surface area contributed by atoms with E-state index in [-0.39, 0.29) is 12.3 Å². The number of halogens is 3. The van der Waals surface area contributed by atoms with Crippen LogP contribution in [-0.4, -0.2) is 16.9 Å². The first-order valence-electron chi connectivity index (χ1n) is 9.64. The third-order valence-electron chi connectivity index (χ3n) is 4.57. The fourth-order valence-electron chi connectivity index (χ4n) is 2.98. The van der Waals surface area contributed by atoms with E-state index in [1.54, 1.807) is 60.7 Å². The van der Waals surface area contributed by atoms with Crippen LogP contribution in [0.15, 0.2) is 71.5 Å². The zero-order chi connectivity index (χ0) is 23.4. The summed E-state index contributed by atoms with van der Waals surface area (Å²) in [4.78, 5) is 28.6. The lowest BCUT2D eigenvalue weighted by atomic mass is 10.1. The van der Waals surface area contributed by atoms with Crippen molar-refractivity contribution in [3.63, 3.8) is 0 Å². The lowest BCUT2D eigenvalue weighted by Gasteiger charge is -2.08. The molecule has 0 spiro atoms. The molecule has 0 fully saturated rings. The maximum atomic E-state index is 12.3. The maximum absolute atomic E-state index is 12.3. The number of rotatable bonds is 6. The Hall–Kier alpha value is -3.32. The minimum absolute atomic E-state index is 0.0428. The fourth-order valence-corrected chi connectivity index (χ4v) is 3.70. The van der Waals surface area contributed by atoms with Gasteiger partial charge in [0, 0.05) is 32.9 Å². The number of hydrogen-bond donors (Lipinski definition) is 1. The van der Waals surface area contributed by atoms with Gasteiger partial charge in [-0.25, -0.2) is 4.98 Å². The van der Waals surface area contributed by atoms with Gasteiger partial charge in [-0.3, -0.25) is 9.59 Å². The molecule has 0 aliphatic carbocycles.